The van der Waals surface area contributed by atoms with Crippen LogP contribution in [0.1, 0.15) is 57.3 Å². The first-order valence-electron chi connectivity index (χ1n) is 26.6. The predicted octanol–water partition coefficient (Wildman–Crippen LogP) is 18.2. The Morgan fingerprint density at radius 2 is 0.811 bits per heavy atom. The summed E-state index contributed by atoms with van der Waals surface area (Å²) in [6, 6.07) is 101. The minimum Gasteiger partial charge on any atom is -0.310 e. The topological polar surface area (TPSA) is 6.48 Å². The van der Waals surface area contributed by atoms with Crippen molar-refractivity contribution in [2.24, 2.45) is 11.8 Å². The molecule has 0 heterocycles. The molecule has 11 aromatic carbocycles. The zero-order chi connectivity index (χ0) is 48.8. The number of para-hydroxylation sites is 2. The Morgan fingerprint density at radius 3 is 1.42 bits per heavy atom. The molecular weight excluding hydrogens is 893 g/mol. The molecule has 74 heavy (non-hydrogen) atoms. The van der Waals surface area contributed by atoms with Gasteiger partial charge in [-0.05, 0) is 170 Å². The number of nitrogens with zero attached hydrogens (tertiary/aromatic N) is 2. The highest BCUT2D eigenvalue weighted by Gasteiger charge is 2.62. The maximum absolute atomic E-state index is 2.63. The standard InChI is InChI=1S/C72H54N2/c1-6-22-49(23-7-1)63-46-50-24-16-17-25-51(50)47-68(63)74(59-34-14-5-15-35-59)67-39-21-27-53-45-57-41-40-56-44-52-26-20-38-66(69(52)72(56,57)70(53)67)73(58-32-12-4-13-33-58)60-42-43-62-61-36-18-19-37-64(61)71(65(62)48-60,54-28-8-2-9-29-54)55-30-10-3-11-31-55/h1-39,42-43,46-48,56-57H,40-41,44-45H2. The first-order valence-corrected chi connectivity index (χ1v) is 26.6. The van der Waals surface area contributed by atoms with E-state index in [1.54, 1.807) is 0 Å². The lowest BCUT2D eigenvalue weighted by Crippen LogP contribution is -2.34. The van der Waals surface area contributed by atoms with Gasteiger partial charge in [-0.25, -0.2) is 0 Å². The summed E-state index contributed by atoms with van der Waals surface area (Å²) in [5.74, 6) is 0.926. The van der Waals surface area contributed by atoms with Crippen molar-refractivity contribution in [1.29, 1.82) is 0 Å². The summed E-state index contributed by atoms with van der Waals surface area (Å²) in [6.45, 7) is 0. The molecule has 3 atom stereocenters. The molecule has 1 spiro atoms. The highest BCUT2D eigenvalue weighted by atomic mass is 15.2. The summed E-state index contributed by atoms with van der Waals surface area (Å²) < 4.78 is 0. The van der Waals surface area contributed by atoms with Crippen LogP contribution in [0, 0.1) is 11.8 Å². The van der Waals surface area contributed by atoms with Gasteiger partial charge in [0.15, 0.2) is 0 Å². The van der Waals surface area contributed by atoms with Crippen molar-refractivity contribution in [1.82, 2.24) is 0 Å². The van der Waals surface area contributed by atoms with Crippen molar-refractivity contribution >= 4 is 44.9 Å². The highest BCUT2D eigenvalue weighted by molar-refractivity contribution is 5.99. The summed E-state index contributed by atoms with van der Waals surface area (Å²) >= 11 is 0. The van der Waals surface area contributed by atoms with E-state index in [1.165, 1.54) is 119 Å². The molecule has 4 aliphatic carbocycles. The van der Waals surface area contributed by atoms with Gasteiger partial charge in [-0.1, -0.05) is 206 Å². The van der Waals surface area contributed by atoms with Crippen LogP contribution in [0.3, 0.4) is 0 Å². The van der Waals surface area contributed by atoms with E-state index in [9.17, 15) is 0 Å². The summed E-state index contributed by atoms with van der Waals surface area (Å²) in [6.07, 6.45) is 4.56. The van der Waals surface area contributed by atoms with Crippen LogP contribution in [-0.4, -0.2) is 0 Å². The molecule has 0 amide bonds. The molecule has 11 aromatic rings. The van der Waals surface area contributed by atoms with Gasteiger partial charge in [-0.2, -0.15) is 0 Å². The predicted molar refractivity (Wildman–Crippen MR) is 307 cm³/mol. The second kappa shape index (κ2) is 16.9. The summed E-state index contributed by atoms with van der Waals surface area (Å²) in [5.41, 5.74) is 22.7. The Labute approximate surface area is 434 Å². The van der Waals surface area contributed by atoms with Gasteiger partial charge in [0, 0.05) is 28.0 Å². The molecule has 1 fully saturated rings. The summed E-state index contributed by atoms with van der Waals surface area (Å²) in [4.78, 5) is 5.25. The van der Waals surface area contributed by atoms with Crippen LogP contribution in [-0.2, 0) is 23.7 Å². The Hall–Kier alpha value is -8.72. The third-order valence-electron chi connectivity index (χ3n) is 17.6. The largest absolute Gasteiger partial charge is 0.310 e. The van der Waals surface area contributed by atoms with E-state index in [-0.39, 0.29) is 5.41 Å². The maximum Gasteiger partial charge on any atom is 0.0714 e. The molecule has 0 saturated heterocycles. The number of rotatable bonds is 9. The van der Waals surface area contributed by atoms with Gasteiger partial charge in [0.25, 0.3) is 0 Å². The SMILES string of the molecule is c1ccc(-c2cc3ccccc3cc2N(c2ccccc2)c2cccc3c2C24c5c(cccc5N(c5ccccc5)c5ccc6c(c5)C(c5ccccc5)(c5ccccc5)c5ccccc5-6)CC2CCC4C3)cc1. The molecule has 2 nitrogen and oxygen atoms in total. The first-order chi connectivity index (χ1) is 36.7. The van der Waals surface area contributed by atoms with E-state index in [1.807, 2.05) is 0 Å². The van der Waals surface area contributed by atoms with Crippen LogP contribution in [0.2, 0.25) is 0 Å². The van der Waals surface area contributed by atoms with E-state index in [0.29, 0.717) is 11.8 Å². The van der Waals surface area contributed by atoms with Gasteiger partial charge in [0.1, 0.15) is 0 Å². The number of anilines is 6. The van der Waals surface area contributed by atoms with Gasteiger partial charge in [0.05, 0.1) is 22.5 Å². The minimum absolute atomic E-state index is 0.216. The quantitative estimate of drug-likeness (QED) is 0.142. The number of benzene rings is 11. The van der Waals surface area contributed by atoms with Gasteiger partial charge in [-0.3, -0.25) is 0 Å². The second-order valence-corrected chi connectivity index (χ2v) is 21.1. The molecule has 3 unspecified atom stereocenters. The van der Waals surface area contributed by atoms with Gasteiger partial charge in [-0.15, -0.1) is 0 Å². The van der Waals surface area contributed by atoms with E-state index in [4.69, 9.17) is 0 Å². The first kappa shape index (κ1) is 42.9. The van der Waals surface area contributed by atoms with Crippen LogP contribution in [0.4, 0.5) is 34.1 Å². The smallest absolute Gasteiger partial charge is 0.0714 e. The fraction of sp³-hybridized carbons (Fsp3) is 0.111. The van der Waals surface area contributed by atoms with Gasteiger partial charge < -0.3 is 9.80 Å². The van der Waals surface area contributed by atoms with E-state index in [2.05, 4.69) is 277 Å². The molecule has 352 valence electrons. The Morgan fingerprint density at radius 1 is 0.324 bits per heavy atom. The van der Waals surface area contributed by atoms with Crippen molar-refractivity contribution in [2.75, 3.05) is 9.80 Å². The second-order valence-electron chi connectivity index (χ2n) is 21.1. The van der Waals surface area contributed by atoms with Crippen LogP contribution >= 0.6 is 0 Å². The molecule has 0 aliphatic heterocycles. The lowest BCUT2D eigenvalue weighted by Gasteiger charge is -2.40. The third kappa shape index (κ3) is 6.18. The highest BCUT2D eigenvalue weighted by Crippen LogP contribution is 2.69. The van der Waals surface area contributed by atoms with Gasteiger partial charge >= 0.3 is 0 Å². The lowest BCUT2D eigenvalue weighted by molar-refractivity contribution is 0.350. The molecule has 0 bridgehead atoms. The van der Waals surface area contributed by atoms with E-state index >= 15 is 0 Å². The molecule has 2 heteroatoms. The fourth-order valence-corrected chi connectivity index (χ4v) is 14.9. The third-order valence-corrected chi connectivity index (χ3v) is 17.6. The van der Waals surface area contributed by atoms with Crippen molar-refractivity contribution in [2.45, 2.75) is 36.5 Å². The van der Waals surface area contributed by atoms with Crippen LogP contribution in [0.25, 0.3) is 33.0 Å². The zero-order valence-corrected chi connectivity index (χ0v) is 41.3. The normalized spacial score (nSPS) is 18.2. The Kier molecular flexibility index (Phi) is 9.82. The lowest BCUT2D eigenvalue weighted by atomic mass is 9.67. The number of fused-ring (bicyclic) bond motifs is 6. The van der Waals surface area contributed by atoms with E-state index in [0.717, 1.165) is 18.5 Å². The van der Waals surface area contributed by atoms with Gasteiger partial charge in [0.2, 0.25) is 0 Å². The molecule has 0 radical (unpaired) electrons. The van der Waals surface area contributed by atoms with Crippen LogP contribution in [0.15, 0.2) is 267 Å². The average molecular weight is 947 g/mol. The minimum atomic E-state index is -0.520. The van der Waals surface area contributed by atoms with Crippen LogP contribution in [0.5, 0.6) is 0 Å². The molecule has 0 aromatic heterocycles. The fourth-order valence-electron chi connectivity index (χ4n) is 14.9. The monoisotopic (exact) mass is 946 g/mol. The number of hydrogen-bond acceptors (Lipinski definition) is 2. The van der Waals surface area contributed by atoms with Crippen LogP contribution < -0.4 is 9.80 Å². The summed E-state index contributed by atoms with van der Waals surface area (Å²) in [5, 5.41) is 2.48. The Bertz CT molecular complexity index is 3880. The molecular formula is C72H54N2. The summed E-state index contributed by atoms with van der Waals surface area (Å²) in [7, 11) is 0. The van der Waals surface area contributed by atoms with Crippen molar-refractivity contribution in [3.63, 3.8) is 0 Å². The molecule has 4 aliphatic rings. The van der Waals surface area contributed by atoms with Crippen molar-refractivity contribution in [3.05, 3.63) is 311 Å². The molecule has 0 N–H and O–H groups in total. The van der Waals surface area contributed by atoms with E-state index < -0.39 is 5.41 Å². The molecule has 1 saturated carbocycles. The van der Waals surface area contributed by atoms with Crippen molar-refractivity contribution in [3.8, 4) is 22.3 Å². The number of hydrogen-bond donors (Lipinski definition) is 0. The maximum atomic E-state index is 2.63. The zero-order valence-electron chi connectivity index (χ0n) is 41.3. The van der Waals surface area contributed by atoms with Crippen molar-refractivity contribution < 1.29 is 0 Å². The average Bonchev–Trinajstić information content (AvgIpc) is 4.31. The molecule has 15 rings (SSSR count). The Balaban J connectivity index is 0.984.